The minimum Gasteiger partial charge on any atom is -0.443 e. The second-order valence-corrected chi connectivity index (χ2v) is 6.54. The summed E-state index contributed by atoms with van der Waals surface area (Å²) >= 11 is 0. The highest BCUT2D eigenvalue weighted by atomic mass is 16.4. The summed E-state index contributed by atoms with van der Waals surface area (Å²) in [6, 6.07) is 0. The third kappa shape index (κ3) is 2.32. The van der Waals surface area contributed by atoms with Gasteiger partial charge in [-0.3, -0.25) is 5.10 Å². The van der Waals surface area contributed by atoms with Gasteiger partial charge >= 0.3 is 0 Å². The molecule has 5 nitrogen and oxygen atoms in total. The third-order valence-corrected chi connectivity index (χ3v) is 3.83. The van der Waals surface area contributed by atoms with E-state index >= 15 is 0 Å². The predicted octanol–water partition coefficient (Wildman–Crippen LogP) is 2.96. The Morgan fingerprint density at radius 3 is 2.90 bits per heavy atom. The first-order chi connectivity index (χ1) is 9.45. The Kier molecular flexibility index (Phi) is 3.07. The second kappa shape index (κ2) is 4.65. The molecule has 2 aromatic heterocycles. The Morgan fingerprint density at radius 1 is 1.40 bits per heavy atom. The number of anilines is 1. The fraction of sp³-hybridized carbons (Fsp3) is 0.600. The molecule has 108 valence electrons. The average molecular weight is 274 g/mol. The van der Waals surface area contributed by atoms with Gasteiger partial charge in [0.1, 0.15) is 5.76 Å². The Hall–Kier alpha value is -1.78. The van der Waals surface area contributed by atoms with Crippen LogP contribution in [0, 0.1) is 6.92 Å². The summed E-state index contributed by atoms with van der Waals surface area (Å²) in [5.41, 5.74) is 2.51. The van der Waals surface area contributed by atoms with E-state index in [1.165, 1.54) is 11.3 Å². The van der Waals surface area contributed by atoms with Crippen molar-refractivity contribution in [1.29, 1.82) is 0 Å². The number of nitrogens with zero attached hydrogens (tertiary/aromatic N) is 3. The molecule has 1 aliphatic rings. The molecule has 1 N–H and O–H groups in total. The van der Waals surface area contributed by atoms with Gasteiger partial charge in [-0.25, -0.2) is 4.98 Å². The number of fused-ring (bicyclic) bond motifs is 1. The second-order valence-electron chi connectivity index (χ2n) is 6.54. The largest absolute Gasteiger partial charge is 0.443 e. The summed E-state index contributed by atoms with van der Waals surface area (Å²) in [6.45, 7) is 10.2. The van der Waals surface area contributed by atoms with Gasteiger partial charge in [0.05, 0.1) is 12.7 Å². The van der Waals surface area contributed by atoms with Gasteiger partial charge in [-0.15, -0.1) is 0 Å². The molecule has 3 heterocycles. The molecule has 0 aliphatic carbocycles. The highest BCUT2D eigenvalue weighted by Crippen LogP contribution is 2.29. The first kappa shape index (κ1) is 13.2. The molecule has 0 saturated carbocycles. The van der Waals surface area contributed by atoms with E-state index < -0.39 is 0 Å². The standard InChI is InChI=1S/C15H22N4O/c1-10-11-6-5-7-19(14(11)18-17-10)9-13-16-8-12(20-13)15(2,3)4/h8H,5-7,9H2,1-4H3,(H,17,18). The van der Waals surface area contributed by atoms with Crippen molar-refractivity contribution in [1.82, 2.24) is 15.2 Å². The average Bonchev–Trinajstić information content (AvgIpc) is 2.98. The SMILES string of the molecule is Cc1[nH]nc2c1CCCN2Cc1ncc(C(C)(C)C)o1. The lowest BCUT2D eigenvalue weighted by Gasteiger charge is -2.26. The number of H-pyrrole nitrogens is 1. The van der Waals surface area contributed by atoms with Crippen LogP contribution in [-0.2, 0) is 18.4 Å². The summed E-state index contributed by atoms with van der Waals surface area (Å²) in [4.78, 5) is 6.66. The van der Waals surface area contributed by atoms with Crippen LogP contribution in [0.2, 0.25) is 0 Å². The van der Waals surface area contributed by atoms with Crippen LogP contribution in [0.25, 0.3) is 0 Å². The van der Waals surface area contributed by atoms with Gasteiger partial charge in [0, 0.05) is 23.2 Å². The summed E-state index contributed by atoms with van der Waals surface area (Å²) in [7, 11) is 0. The maximum atomic E-state index is 5.88. The molecule has 3 rings (SSSR count). The topological polar surface area (TPSA) is 58.0 Å². The molecule has 0 fully saturated rings. The van der Waals surface area contributed by atoms with Gasteiger partial charge in [-0.05, 0) is 19.8 Å². The van der Waals surface area contributed by atoms with Gasteiger partial charge in [0.15, 0.2) is 5.82 Å². The number of aryl methyl sites for hydroxylation is 1. The molecular weight excluding hydrogens is 252 g/mol. The Morgan fingerprint density at radius 2 is 2.20 bits per heavy atom. The molecule has 0 spiro atoms. The van der Waals surface area contributed by atoms with Crippen molar-refractivity contribution in [2.75, 3.05) is 11.4 Å². The van der Waals surface area contributed by atoms with E-state index in [4.69, 9.17) is 4.42 Å². The number of aromatic nitrogens is 3. The Bertz CT molecular complexity index is 606. The van der Waals surface area contributed by atoms with Crippen LogP contribution >= 0.6 is 0 Å². The van der Waals surface area contributed by atoms with Gasteiger partial charge in [-0.1, -0.05) is 20.8 Å². The van der Waals surface area contributed by atoms with E-state index in [0.717, 1.165) is 36.9 Å². The zero-order chi connectivity index (χ0) is 14.3. The summed E-state index contributed by atoms with van der Waals surface area (Å²) < 4.78 is 5.88. The first-order valence-electron chi connectivity index (χ1n) is 7.19. The molecular formula is C15H22N4O. The number of aromatic amines is 1. The van der Waals surface area contributed by atoms with Crippen LogP contribution < -0.4 is 4.90 Å². The van der Waals surface area contributed by atoms with E-state index in [-0.39, 0.29) is 5.41 Å². The van der Waals surface area contributed by atoms with Crippen molar-refractivity contribution in [3.8, 4) is 0 Å². The molecule has 0 atom stereocenters. The van der Waals surface area contributed by atoms with Crippen molar-refractivity contribution < 1.29 is 4.42 Å². The zero-order valence-corrected chi connectivity index (χ0v) is 12.7. The first-order valence-corrected chi connectivity index (χ1v) is 7.19. The lowest BCUT2D eigenvalue weighted by molar-refractivity contribution is 0.379. The monoisotopic (exact) mass is 274 g/mol. The van der Waals surface area contributed by atoms with Crippen LogP contribution in [0.5, 0.6) is 0 Å². The summed E-state index contributed by atoms with van der Waals surface area (Å²) in [6.07, 6.45) is 4.10. The number of oxazole rings is 1. The highest BCUT2D eigenvalue weighted by molar-refractivity contribution is 5.50. The quantitative estimate of drug-likeness (QED) is 0.914. The molecule has 1 aliphatic heterocycles. The lowest BCUT2D eigenvalue weighted by Crippen LogP contribution is -2.29. The van der Waals surface area contributed by atoms with Crippen LogP contribution in [-0.4, -0.2) is 21.7 Å². The Balaban J connectivity index is 1.81. The Labute approximate surface area is 119 Å². The van der Waals surface area contributed by atoms with Crippen molar-refractivity contribution >= 4 is 5.82 Å². The normalized spacial score (nSPS) is 15.5. The van der Waals surface area contributed by atoms with Crippen molar-refractivity contribution in [3.05, 3.63) is 29.1 Å². The van der Waals surface area contributed by atoms with Gasteiger partial charge in [-0.2, -0.15) is 5.10 Å². The number of nitrogens with one attached hydrogen (secondary N) is 1. The fourth-order valence-electron chi connectivity index (χ4n) is 2.60. The molecule has 2 aromatic rings. The van der Waals surface area contributed by atoms with E-state index in [2.05, 4.69) is 47.8 Å². The zero-order valence-electron chi connectivity index (χ0n) is 12.7. The third-order valence-electron chi connectivity index (χ3n) is 3.83. The minimum atomic E-state index is 0.00122. The molecule has 0 bridgehead atoms. The maximum Gasteiger partial charge on any atom is 0.213 e. The van der Waals surface area contributed by atoms with E-state index in [1.807, 2.05) is 6.20 Å². The fourth-order valence-corrected chi connectivity index (χ4v) is 2.60. The van der Waals surface area contributed by atoms with Crippen molar-refractivity contribution in [3.63, 3.8) is 0 Å². The molecule has 20 heavy (non-hydrogen) atoms. The van der Waals surface area contributed by atoms with Gasteiger partial charge < -0.3 is 9.32 Å². The minimum absolute atomic E-state index is 0.00122. The van der Waals surface area contributed by atoms with E-state index in [1.54, 1.807) is 0 Å². The molecule has 0 radical (unpaired) electrons. The van der Waals surface area contributed by atoms with Crippen molar-refractivity contribution in [2.45, 2.75) is 52.5 Å². The summed E-state index contributed by atoms with van der Waals surface area (Å²) in [5.74, 6) is 2.76. The smallest absolute Gasteiger partial charge is 0.213 e. The van der Waals surface area contributed by atoms with Crippen LogP contribution in [0.15, 0.2) is 10.6 Å². The van der Waals surface area contributed by atoms with E-state index in [0.29, 0.717) is 6.54 Å². The predicted molar refractivity (Wildman–Crippen MR) is 77.9 cm³/mol. The molecule has 0 saturated heterocycles. The molecule has 5 heteroatoms. The lowest BCUT2D eigenvalue weighted by atomic mass is 9.94. The van der Waals surface area contributed by atoms with Crippen LogP contribution in [0.1, 0.15) is 50.1 Å². The number of hydrogen-bond acceptors (Lipinski definition) is 4. The number of rotatable bonds is 2. The van der Waals surface area contributed by atoms with E-state index in [9.17, 15) is 0 Å². The molecule has 0 unspecified atom stereocenters. The highest BCUT2D eigenvalue weighted by Gasteiger charge is 2.24. The van der Waals surface area contributed by atoms with Crippen molar-refractivity contribution in [2.24, 2.45) is 0 Å². The van der Waals surface area contributed by atoms with Gasteiger partial charge in [0.2, 0.25) is 5.89 Å². The molecule has 0 aromatic carbocycles. The molecule has 0 amide bonds. The van der Waals surface area contributed by atoms with Crippen LogP contribution in [0.3, 0.4) is 0 Å². The number of hydrogen-bond donors (Lipinski definition) is 1. The van der Waals surface area contributed by atoms with Crippen LogP contribution in [0.4, 0.5) is 5.82 Å². The maximum absolute atomic E-state index is 5.88. The van der Waals surface area contributed by atoms with Gasteiger partial charge in [0.25, 0.3) is 0 Å². The summed E-state index contributed by atoms with van der Waals surface area (Å²) in [5, 5.41) is 7.50.